The summed E-state index contributed by atoms with van der Waals surface area (Å²) in [7, 11) is 1.71. The molecular formula is C12H14N2O3. The Hall–Kier alpha value is -1.91. The molecule has 0 spiro atoms. The molecule has 0 aromatic carbocycles. The number of fused-ring (bicyclic) bond motifs is 1. The lowest BCUT2D eigenvalue weighted by atomic mass is 10.0. The average molecular weight is 234 g/mol. The second-order valence-corrected chi connectivity index (χ2v) is 4.17. The van der Waals surface area contributed by atoms with Gasteiger partial charge < -0.3 is 5.11 Å². The van der Waals surface area contributed by atoms with Crippen LogP contribution in [0.3, 0.4) is 0 Å². The highest BCUT2D eigenvalue weighted by Crippen LogP contribution is 2.25. The summed E-state index contributed by atoms with van der Waals surface area (Å²) in [5.74, 6) is -0.0429. The van der Waals surface area contributed by atoms with Gasteiger partial charge in [-0.15, -0.1) is 0 Å². The fraction of sp³-hybridized carbons (Fsp3) is 0.417. The average Bonchev–Trinajstić information content (AvgIpc) is 2.31. The van der Waals surface area contributed by atoms with Gasteiger partial charge in [-0.05, 0) is 24.0 Å². The van der Waals surface area contributed by atoms with Crippen molar-refractivity contribution in [1.29, 1.82) is 0 Å². The summed E-state index contributed by atoms with van der Waals surface area (Å²) in [5.41, 5.74) is 1.93. The smallest absolute Gasteiger partial charge is 0.303 e. The number of amides is 1. The van der Waals surface area contributed by atoms with Gasteiger partial charge in [0.15, 0.2) is 0 Å². The molecule has 0 saturated heterocycles. The third-order valence-corrected chi connectivity index (χ3v) is 2.93. The van der Waals surface area contributed by atoms with Gasteiger partial charge in [0.25, 0.3) is 0 Å². The predicted molar refractivity (Wildman–Crippen MR) is 61.9 cm³/mol. The minimum atomic E-state index is -0.810. The predicted octanol–water partition coefficient (Wildman–Crippen LogP) is 1.01. The molecule has 5 nitrogen and oxygen atoms in total. The number of nitrogens with zero attached hydrogens (tertiary/aromatic N) is 2. The zero-order valence-electron chi connectivity index (χ0n) is 9.64. The van der Waals surface area contributed by atoms with Crippen LogP contribution >= 0.6 is 0 Å². The molecule has 1 aliphatic heterocycles. The maximum absolute atomic E-state index is 11.5. The van der Waals surface area contributed by atoms with Crippen molar-refractivity contribution in [1.82, 2.24) is 4.98 Å². The molecule has 90 valence electrons. The van der Waals surface area contributed by atoms with Crippen LogP contribution in [-0.2, 0) is 22.4 Å². The lowest BCUT2D eigenvalue weighted by molar-refractivity contribution is -0.137. The number of aliphatic carboxylic acids is 1. The van der Waals surface area contributed by atoms with Crippen molar-refractivity contribution in [3.63, 3.8) is 0 Å². The van der Waals surface area contributed by atoms with Gasteiger partial charge in [-0.2, -0.15) is 0 Å². The van der Waals surface area contributed by atoms with Gasteiger partial charge in [0.1, 0.15) is 5.82 Å². The summed E-state index contributed by atoms with van der Waals surface area (Å²) in [6, 6.07) is 1.95. The number of rotatable bonds is 3. The first-order valence-corrected chi connectivity index (χ1v) is 5.54. The molecule has 0 bridgehead atoms. The number of pyridine rings is 1. The lowest BCUT2D eigenvalue weighted by Gasteiger charge is -2.24. The molecular weight excluding hydrogens is 220 g/mol. The highest BCUT2D eigenvalue weighted by molar-refractivity contribution is 5.94. The summed E-state index contributed by atoms with van der Waals surface area (Å²) in [4.78, 5) is 27.7. The summed E-state index contributed by atoms with van der Waals surface area (Å²) in [5, 5.41) is 8.62. The fourth-order valence-electron chi connectivity index (χ4n) is 1.95. The minimum absolute atomic E-state index is 0.0725. The van der Waals surface area contributed by atoms with Gasteiger partial charge >= 0.3 is 5.97 Å². The number of aromatic nitrogens is 1. The van der Waals surface area contributed by atoms with Gasteiger partial charge in [-0.25, -0.2) is 4.98 Å². The number of aryl methyl sites for hydroxylation is 2. The Morgan fingerprint density at radius 1 is 1.53 bits per heavy atom. The van der Waals surface area contributed by atoms with Crippen LogP contribution in [0.1, 0.15) is 24.0 Å². The van der Waals surface area contributed by atoms with E-state index >= 15 is 0 Å². The van der Waals surface area contributed by atoms with Gasteiger partial charge in [0, 0.05) is 26.1 Å². The van der Waals surface area contributed by atoms with Gasteiger partial charge in [-0.3, -0.25) is 14.5 Å². The van der Waals surface area contributed by atoms with E-state index in [1.54, 1.807) is 18.1 Å². The quantitative estimate of drug-likeness (QED) is 0.847. The molecule has 1 aromatic rings. The van der Waals surface area contributed by atoms with Crippen LogP contribution in [0.5, 0.6) is 0 Å². The minimum Gasteiger partial charge on any atom is -0.481 e. The first kappa shape index (κ1) is 11.6. The molecule has 0 radical (unpaired) electrons. The number of carboxylic acid groups (broad SMARTS) is 1. The van der Waals surface area contributed by atoms with Crippen molar-refractivity contribution in [2.24, 2.45) is 0 Å². The largest absolute Gasteiger partial charge is 0.481 e. The van der Waals surface area contributed by atoms with Crippen molar-refractivity contribution in [2.75, 3.05) is 11.9 Å². The fourth-order valence-corrected chi connectivity index (χ4v) is 1.95. The Balaban J connectivity index is 2.20. The normalized spacial score (nSPS) is 14.6. The first-order chi connectivity index (χ1) is 8.08. The van der Waals surface area contributed by atoms with Crippen LogP contribution in [0.2, 0.25) is 0 Å². The van der Waals surface area contributed by atoms with Gasteiger partial charge in [0.05, 0.1) is 0 Å². The van der Waals surface area contributed by atoms with Crippen LogP contribution < -0.4 is 4.90 Å². The van der Waals surface area contributed by atoms with E-state index in [0.29, 0.717) is 25.1 Å². The van der Waals surface area contributed by atoms with Crippen molar-refractivity contribution in [3.8, 4) is 0 Å². The van der Waals surface area contributed by atoms with Crippen molar-refractivity contribution in [2.45, 2.75) is 25.7 Å². The van der Waals surface area contributed by atoms with E-state index in [0.717, 1.165) is 11.1 Å². The summed E-state index contributed by atoms with van der Waals surface area (Å²) < 4.78 is 0. The van der Waals surface area contributed by atoms with E-state index in [1.165, 1.54) is 0 Å². The standard InChI is InChI=1S/C12H14N2O3/c1-14-10(15)4-3-9-6-8(2-5-11(16)17)7-13-12(9)14/h6-7H,2-5H2,1H3,(H,16,17). The molecule has 1 aromatic heterocycles. The van der Waals surface area contributed by atoms with Crippen LogP contribution in [0.4, 0.5) is 5.82 Å². The Morgan fingerprint density at radius 2 is 2.29 bits per heavy atom. The number of carbonyl (C=O) groups is 2. The van der Waals surface area contributed by atoms with E-state index in [4.69, 9.17) is 5.11 Å². The Bertz CT molecular complexity index is 471. The second kappa shape index (κ2) is 4.53. The zero-order chi connectivity index (χ0) is 12.4. The number of anilines is 1. The van der Waals surface area contributed by atoms with Crippen LogP contribution in [0.25, 0.3) is 0 Å². The molecule has 0 saturated carbocycles. The number of carboxylic acids is 1. The molecule has 2 rings (SSSR count). The molecule has 0 atom stereocenters. The van der Waals surface area contributed by atoms with Gasteiger partial charge in [0.2, 0.25) is 5.91 Å². The topological polar surface area (TPSA) is 70.5 Å². The molecule has 0 unspecified atom stereocenters. The molecule has 0 aliphatic carbocycles. The molecule has 5 heteroatoms. The maximum atomic E-state index is 11.5. The molecule has 1 aliphatic rings. The zero-order valence-corrected chi connectivity index (χ0v) is 9.64. The summed E-state index contributed by atoms with van der Waals surface area (Å²) in [6.45, 7) is 0. The molecule has 1 amide bonds. The van der Waals surface area contributed by atoms with Crippen LogP contribution in [-0.4, -0.2) is 29.0 Å². The van der Waals surface area contributed by atoms with E-state index in [1.807, 2.05) is 6.07 Å². The lowest BCUT2D eigenvalue weighted by Crippen LogP contribution is -2.32. The number of hydrogen-bond acceptors (Lipinski definition) is 3. The number of hydrogen-bond donors (Lipinski definition) is 1. The summed E-state index contributed by atoms with van der Waals surface area (Å²) >= 11 is 0. The third kappa shape index (κ3) is 2.43. The molecule has 1 N–H and O–H groups in total. The maximum Gasteiger partial charge on any atom is 0.303 e. The monoisotopic (exact) mass is 234 g/mol. The summed E-state index contributed by atoms with van der Waals surface area (Å²) in [6.07, 6.45) is 3.42. The van der Waals surface area contributed by atoms with Crippen molar-refractivity contribution < 1.29 is 14.7 Å². The molecule has 17 heavy (non-hydrogen) atoms. The Morgan fingerprint density at radius 3 is 3.00 bits per heavy atom. The Kier molecular flexibility index (Phi) is 3.08. The van der Waals surface area contributed by atoms with Crippen LogP contribution in [0, 0.1) is 0 Å². The number of carbonyl (C=O) groups excluding carboxylic acids is 1. The first-order valence-electron chi connectivity index (χ1n) is 5.54. The third-order valence-electron chi connectivity index (χ3n) is 2.93. The Labute approximate surface area is 99.1 Å². The highest BCUT2D eigenvalue weighted by Gasteiger charge is 2.22. The van der Waals surface area contributed by atoms with E-state index in [-0.39, 0.29) is 12.3 Å². The van der Waals surface area contributed by atoms with E-state index in [2.05, 4.69) is 4.98 Å². The van der Waals surface area contributed by atoms with Gasteiger partial charge in [-0.1, -0.05) is 6.07 Å². The van der Waals surface area contributed by atoms with Crippen molar-refractivity contribution in [3.05, 3.63) is 23.4 Å². The SMILES string of the molecule is CN1C(=O)CCc2cc(CCC(=O)O)cnc21. The van der Waals surface area contributed by atoms with Crippen LogP contribution in [0.15, 0.2) is 12.3 Å². The highest BCUT2D eigenvalue weighted by atomic mass is 16.4. The molecule has 0 fully saturated rings. The van der Waals surface area contributed by atoms with E-state index in [9.17, 15) is 9.59 Å². The van der Waals surface area contributed by atoms with E-state index < -0.39 is 5.97 Å². The second-order valence-electron chi connectivity index (χ2n) is 4.17. The molecule has 2 heterocycles. The van der Waals surface area contributed by atoms with Crippen molar-refractivity contribution >= 4 is 17.7 Å².